The van der Waals surface area contributed by atoms with Crippen LogP contribution in [0.25, 0.3) is 22.8 Å². The minimum Gasteiger partial charge on any atom is -0.451 e. The summed E-state index contributed by atoms with van der Waals surface area (Å²) in [5, 5.41) is 0. The molecule has 0 aliphatic carbocycles. The van der Waals surface area contributed by atoms with Crippen LogP contribution >= 0.6 is 0 Å². The van der Waals surface area contributed by atoms with Crippen molar-refractivity contribution in [2.45, 2.75) is 169 Å². The van der Waals surface area contributed by atoms with Crippen LogP contribution in [-0.2, 0) is 83.2 Å². The highest BCUT2D eigenvalue weighted by molar-refractivity contribution is 5.94. The van der Waals surface area contributed by atoms with E-state index in [1.165, 1.54) is 51.8 Å². The highest BCUT2D eigenvalue weighted by Gasteiger charge is 2.43. The molecule has 0 unspecified atom stereocenters. The lowest BCUT2D eigenvalue weighted by molar-refractivity contribution is -0.176. The maximum Gasteiger partial charge on any atom is 0.329 e. The molecular weight excluding hydrogens is 1170 g/mol. The van der Waals surface area contributed by atoms with Crippen molar-refractivity contribution in [2.75, 3.05) is 28.2 Å². The first-order valence-electron chi connectivity index (χ1n) is 31.9. The molecule has 92 heavy (non-hydrogen) atoms. The normalized spacial score (nSPS) is 21.7. The van der Waals surface area contributed by atoms with Crippen LogP contribution in [0.2, 0.25) is 0 Å². The lowest BCUT2D eigenvalue weighted by Gasteiger charge is -2.35. The highest BCUT2D eigenvalue weighted by Crippen LogP contribution is 2.27. The van der Waals surface area contributed by atoms with Crippen molar-refractivity contribution in [3.05, 3.63) is 156 Å². The molecule has 8 atom stereocenters. The van der Waals surface area contributed by atoms with Crippen molar-refractivity contribution in [1.29, 1.82) is 0 Å². The first kappa shape index (κ1) is 70.5. The van der Waals surface area contributed by atoms with Gasteiger partial charge in [-0.1, -0.05) is 165 Å². The Balaban J connectivity index is 1.24. The second-order valence-electron chi connectivity index (χ2n) is 25.9. The SMILES string of the molecule is CC(C)C[C@H]1C(=O)O[C@H](Cc2ccc(Cn3ccnc3-c3ccccc3)cc2)C(=O)N(C)[C@@H](CC(C)C)C(=O)O[C@H](C)C(=O)N(C)[C@@H](CC(C)C)C(=O)O[C@H](Cc2ccc(Cn3ccnc3-c3ccccc3)cc2)C(=O)N(C)[C@@H](CC(C)C)C(=O)O[C@H](C)C(=O)N1C. The molecular formula is C72H92N8O12. The van der Waals surface area contributed by atoms with Crippen LogP contribution in [0, 0.1) is 23.7 Å². The summed E-state index contributed by atoms with van der Waals surface area (Å²) in [5.74, 6) is -5.96. The van der Waals surface area contributed by atoms with Gasteiger partial charge in [-0.05, 0) is 85.5 Å². The zero-order valence-electron chi connectivity index (χ0n) is 55.8. The van der Waals surface area contributed by atoms with E-state index < -0.39 is 96.1 Å². The molecule has 492 valence electrons. The number of likely N-dealkylation sites (N-methyl/N-ethyl adjacent to an activating group) is 4. The number of ether oxygens (including phenoxy) is 4. The average Bonchev–Trinajstić information content (AvgIpc) is 1.06. The van der Waals surface area contributed by atoms with Crippen LogP contribution in [0.5, 0.6) is 0 Å². The van der Waals surface area contributed by atoms with E-state index in [4.69, 9.17) is 18.9 Å². The van der Waals surface area contributed by atoms with E-state index in [0.29, 0.717) is 24.2 Å². The van der Waals surface area contributed by atoms with Crippen molar-refractivity contribution in [1.82, 2.24) is 38.7 Å². The Hall–Kier alpha value is -8.94. The van der Waals surface area contributed by atoms with Crippen LogP contribution in [0.4, 0.5) is 0 Å². The molecule has 20 nitrogen and oxygen atoms in total. The van der Waals surface area contributed by atoms with Gasteiger partial charge in [0.15, 0.2) is 24.4 Å². The summed E-state index contributed by atoms with van der Waals surface area (Å²) >= 11 is 0. The number of rotatable bonds is 18. The summed E-state index contributed by atoms with van der Waals surface area (Å²) in [7, 11) is 5.60. The lowest BCUT2D eigenvalue weighted by Crippen LogP contribution is -2.55. The van der Waals surface area contributed by atoms with Crippen molar-refractivity contribution < 1.29 is 57.3 Å². The number of aromatic nitrogens is 4. The van der Waals surface area contributed by atoms with Crippen LogP contribution in [0.15, 0.2) is 134 Å². The van der Waals surface area contributed by atoms with Crippen molar-refractivity contribution in [3.8, 4) is 22.8 Å². The van der Waals surface area contributed by atoms with Crippen LogP contribution < -0.4 is 0 Å². The molecule has 0 spiro atoms. The maximum atomic E-state index is 15.2. The van der Waals surface area contributed by atoms with E-state index >= 15 is 9.59 Å². The first-order valence-corrected chi connectivity index (χ1v) is 31.9. The van der Waals surface area contributed by atoms with E-state index in [0.717, 1.165) is 43.7 Å². The molecule has 1 aliphatic heterocycles. The fourth-order valence-electron chi connectivity index (χ4n) is 11.4. The van der Waals surface area contributed by atoms with Crippen LogP contribution in [0.3, 0.4) is 0 Å². The molecule has 0 N–H and O–H groups in total. The number of esters is 4. The van der Waals surface area contributed by atoms with Crippen molar-refractivity contribution in [3.63, 3.8) is 0 Å². The molecule has 4 aromatic carbocycles. The van der Waals surface area contributed by atoms with Gasteiger partial charge in [0.2, 0.25) is 0 Å². The fourth-order valence-corrected chi connectivity index (χ4v) is 11.4. The summed E-state index contributed by atoms with van der Waals surface area (Å²) in [5.41, 5.74) is 4.96. The van der Waals surface area contributed by atoms with E-state index in [-0.39, 0.29) is 62.2 Å². The lowest BCUT2D eigenvalue weighted by atomic mass is 9.99. The Morgan fingerprint density at radius 2 is 0.641 bits per heavy atom. The molecule has 6 aromatic rings. The molecule has 1 aliphatic rings. The van der Waals surface area contributed by atoms with Gasteiger partial charge < -0.3 is 47.7 Å². The van der Waals surface area contributed by atoms with E-state index in [1.54, 1.807) is 12.4 Å². The van der Waals surface area contributed by atoms with Crippen molar-refractivity contribution in [2.24, 2.45) is 23.7 Å². The van der Waals surface area contributed by atoms with Gasteiger partial charge in [0.25, 0.3) is 23.6 Å². The first-order chi connectivity index (χ1) is 43.7. The monoisotopic (exact) mass is 1260 g/mol. The fraction of sp³-hybridized carbons (Fsp3) is 0.472. The molecule has 0 radical (unpaired) electrons. The van der Waals surface area contributed by atoms with Gasteiger partial charge >= 0.3 is 23.9 Å². The molecule has 1 saturated heterocycles. The zero-order valence-corrected chi connectivity index (χ0v) is 55.8. The largest absolute Gasteiger partial charge is 0.451 e. The quantitative estimate of drug-likeness (QED) is 0.0578. The Kier molecular flexibility index (Phi) is 24.8. The number of hydrogen-bond acceptors (Lipinski definition) is 14. The molecule has 1 fully saturated rings. The summed E-state index contributed by atoms with van der Waals surface area (Å²) in [6.07, 6.45) is 1.13. The predicted molar refractivity (Wildman–Crippen MR) is 349 cm³/mol. The molecule has 3 heterocycles. The number of carbonyl (C=O) groups is 8. The number of imidazole rings is 2. The van der Waals surface area contributed by atoms with E-state index in [1.807, 2.05) is 186 Å². The van der Waals surface area contributed by atoms with Crippen molar-refractivity contribution >= 4 is 47.5 Å². The van der Waals surface area contributed by atoms with Gasteiger partial charge in [0.1, 0.15) is 35.8 Å². The number of nitrogens with zero attached hydrogens (tertiary/aromatic N) is 8. The Morgan fingerprint density at radius 3 is 0.935 bits per heavy atom. The van der Waals surface area contributed by atoms with Gasteiger partial charge in [0.05, 0.1) is 0 Å². The minimum absolute atomic E-state index is 0.0724. The van der Waals surface area contributed by atoms with Crippen LogP contribution in [-0.4, -0.2) is 163 Å². The Bertz CT molecular complexity index is 3210. The summed E-state index contributed by atoms with van der Waals surface area (Å²) in [6.45, 7) is 18.5. The zero-order chi connectivity index (χ0) is 67.1. The number of benzene rings is 4. The maximum absolute atomic E-state index is 15.2. The number of cyclic esters (lactones) is 4. The number of amides is 4. The summed E-state index contributed by atoms with van der Waals surface area (Å²) in [4.78, 5) is 133. The molecule has 2 aromatic heterocycles. The number of hydrogen-bond donors (Lipinski definition) is 0. The predicted octanol–water partition coefficient (Wildman–Crippen LogP) is 9.49. The molecule has 0 bridgehead atoms. The average molecular weight is 1260 g/mol. The minimum atomic E-state index is -1.55. The smallest absolute Gasteiger partial charge is 0.329 e. The topological polar surface area (TPSA) is 222 Å². The summed E-state index contributed by atoms with van der Waals surface area (Å²) in [6, 6.07) is 29.3. The van der Waals surface area contributed by atoms with Gasteiger partial charge in [-0.2, -0.15) is 0 Å². The standard InChI is InChI=1S/C72H92N8O12/c1-45(2)37-57-69(85)89-49(9)65(81)75(11)60(40-48(7)8)72(88)92-62(42-52-27-31-54(32-28-52)44-80-36-34-74-64(80)56-23-19-16-20-24-56)68(84)78(14)58(38-46(3)4)70(86)90-50(10)66(82)76(12)59(39-47(5)6)71(87)91-61(67(83)77(57)13)41-51-25-29-53(30-26-51)43-79-35-33-73-63(79)55-21-17-15-18-22-55/h15-36,45-50,57-62H,37-44H2,1-14H3/t49-,50-,57+,58+,59+,60+,61-,62-/m1/s1. The third kappa shape index (κ3) is 18.6. The van der Waals surface area contributed by atoms with Gasteiger partial charge in [-0.15, -0.1) is 0 Å². The second kappa shape index (κ2) is 32.4. The number of carbonyl (C=O) groups excluding carboxylic acids is 8. The molecule has 4 amide bonds. The molecule has 0 saturated carbocycles. The molecule has 20 heteroatoms. The Morgan fingerprint density at radius 1 is 0.370 bits per heavy atom. The van der Waals surface area contributed by atoms with E-state index in [2.05, 4.69) is 9.97 Å². The van der Waals surface area contributed by atoms with Gasteiger partial charge in [0, 0.05) is 90.0 Å². The highest BCUT2D eigenvalue weighted by atomic mass is 16.6. The van der Waals surface area contributed by atoms with Crippen LogP contribution in [0.1, 0.15) is 117 Å². The summed E-state index contributed by atoms with van der Waals surface area (Å²) < 4.78 is 28.5. The molecule has 7 rings (SSSR count). The Labute approximate surface area is 541 Å². The second-order valence-corrected chi connectivity index (χ2v) is 25.9. The van der Waals surface area contributed by atoms with Gasteiger partial charge in [-0.25, -0.2) is 29.1 Å². The third-order valence-corrected chi connectivity index (χ3v) is 16.6. The van der Waals surface area contributed by atoms with Gasteiger partial charge in [-0.3, -0.25) is 19.2 Å². The third-order valence-electron chi connectivity index (χ3n) is 16.6. The van der Waals surface area contributed by atoms with E-state index in [9.17, 15) is 28.8 Å².